The van der Waals surface area contributed by atoms with Gasteiger partial charge in [-0.3, -0.25) is 4.99 Å². The fourth-order valence-corrected chi connectivity index (χ4v) is 2.43. The van der Waals surface area contributed by atoms with Crippen LogP contribution in [0.5, 0.6) is 5.88 Å². The van der Waals surface area contributed by atoms with E-state index in [1.54, 1.807) is 7.05 Å². The van der Waals surface area contributed by atoms with Gasteiger partial charge in [0, 0.05) is 33.0 Å². The monoisotopic (exact) mass is 390 g/mol. The molecule has 0 saturated carbocycles. The van der Waals surface area contributed by atoms with E-state index in [-0.39, 0.29) is 19.3 Å². The van der Waals surface area contributed by atoms with Gasteiger partial charge in [-0.2, -0.15) is 13.2 Å². The topological polar surface area (TPSA) is 77.0 Å². The van der Waals surface area contributed by atoms with Crippen molar-refractivity contribution < 1.29 is 27.4 Å². The summed E-state index contributed by atoms with van der Waals surface area (Å²) in [5.74, 6) is 0.114. The molecule has 0 amide bonds. The van der Waals surface area contributed by atoms with Crippen LogP contribution in [0.4, 0.5) is 13.2 Å². The number of halogens is 3. The lowest BCUT2D eigenvalue weighted by Crippen LogP contribution is -2.40. The molecule has 0 radical (unpaired) electrons. The Morgan fingerprint density at radius 1 is 1.33 bits per heavy atom. The van der Waals surface area contributed by atoms with Crippen molar-refractivity contribution in [3.63, 3.8) is 0 Å². The van der Waals surface area contributed by atoms with E-state index >= 15 is 0 Å². The molecule has 0 aliphatic carbocycles. The number of pyridine rings is 1. The summed E-state index contributed by atoms with van der Waals surface area (Å²) in [6.45, 7) is 3.00. The number of rotatable bonds is 9. The van der Waals surface area contributed by atoms with Crippen molar-refractivity contribution in [3.05, 3.63) is 23.9 Å². The smallest absolute Gasteiger partial charge is 0.421 e. The Bertz CT molecular complexity index is 593. The molecule has 0 spiro atoms. The molecule has 1 aliphatic heterocycles. The van der Waals surface area contributed by atoms with Crippen LogP contribution in [0, 0.1) is 0 Å². The highest BCUT2D eigenvalue weighted by atomic mass is 19.4. The summed E-state index contributed by atoms with van der Waals surface area (Å²) in [6.07, 6.45) is -1.31. The summed E-state index contributed by atoms with van der Waals surface area (Å²) < 4.78 is 54.6. The first-order valence-electron chi connectivity index (χ1n) is 8.79. The molecule has 2 rings (SSSR count). The fraction of sp³-hybridized carbons (Fsp3) is 0.647. The summed E-state index contributed by atoms with van der Waals surface area (Å²) in [4.78, 5) is 7.69. The van der Waals surface area contributed by atoms with Crippen molar-refractivity contribution in [2.75, 3.05) is 46.6 Å². The summed E-state index contributed by atoms with van der Waals surface area (Å²) in [5.41, 5.74) is -0.889. The molecule has 2 N–H and O–H groups in total. The van der Waals surface area contributed by atoms with Crippen LogP contribution in [0.3, 0.4) is 0 Å². The normalized spacial score (nSPS) is 17.8. The number of hydrogen-bond acceptors (Lipinski definition) is 5. The van der Waals surface area contributed by atoms with Crippen LogP contribution >= 0.6 is 0 Å². The van der Waals surface area contributed by atoms with E-state index < -0.39 is 17.6 Å². The summed E-state index contributed by atoms with van der Waals surface area (Å²) in [7, 11) is 1.61. The van der Waals surface area contributed by atoms with Gasteiger partial charge in [-0.05, 0) is 25.0 Å². The molecule has 152 valence electrons. The van der Waals surface area contributed by atoms with Gasteiger partial charge in [0.1, 0.15) is 12.2 Å². The molecule has 1 atom stereocenters. The van der Waals surface area contributed by atoms with E-state index in [0.29, 0.717) is 25.7 Å². The minimum atomic E-state index is -4.50. The predicted molar refractivity (Wildman–Crippen MR) is 93.9 cm³/mol. The van der Waals surface area contributed by atoms with Crippen LogP contribution in [0.25, 0.3) is 0 Å². The van der Waals surface area contributed by atoms with Gasteiger partial charge in [0.2, 0.25) is 5.88 Å². The predicted octanol–water partition coefficient (Wildman–Crippen LogP) is 1.84. The van der Waals surface area contributed by atoms with Crippen molar-refractivity contribution in [3.8, 4) is 5.88 Å². The number of aromatic nitrogens is 1. The molecule has 10 heteroatoms. The van der Waals surface area contributed by atoms with E-state index in [1.165, 1.54) is 12.3 Å². The van der Waals surface area contributed by atoms with Crippen LogP contribution in [-0.4, -0.2) is 63.6 Å². The third kappa shape index (κ3) is 7.59. The largest absolute Gasteiger partial charge is 0.475 e. The fourth-order valence-electron chi connectivity index (χ4n) is 2.43. The molecule has 0 aromatic carbocycles. The number of aliphatic imine (C=N–C) groups is 1. The molecular formula is C17H25F3N4O3. The zero-order chi connectivity index (χ0) is 19.5. The average Bonchev–Trinajstić information content (AvgIpc) is 3.16. The van der Waals surface area contributed by atoms with Crippen LogP contribution < -0.4 is 15.4 Å². The Morgan fingerprint density at radius 3 is 2.85 bits per heavy atom. The molecule has 1 aromatic heterocycles. The summed E-state index contributed by atoms with van der Waals surface area (Å²) in [5, 5.41) is 6.08. The Kier molecular flexibility index (Phi) is 8.59. The zero-order valence-electron chi connectivity index (χ0n) is 15.2. The highest BCUT2D eigenvalue weighted by molar-refractivity contribution is 5.79. The number of nitrogens with zero attached hydrogens (tertiary/aromatic N) is 2. The number of guanidine groups is 1. The second-order valence-electron chi connectivity index (χ2n) is 5.84. The first-order valence-corrected chi connectivity index (χ1v) is 8.79. The Morgan fingerprint density at radius 2 is 2.15 bits per heavy atom. The van der Waals surface area contributed by atoms with Crippen LogP contribution in [-0.2, 0) is 15.7 Å². The first kappa shape index (κ1) is 21.2. The minimum Gasteiger partial charge on any atom is -0.475 e. The van der Waals surface area contributed by atoms with Gasteiger partial charge in [0.05, 0.1) is 19.3 Å². The molecule has 1 aliphatic rings. The maximum Gasteiger partial charge on any atom is 0.421 e. The Hall–Kier alpha value is -2.07. The lowest BCUT2D eigenvalue weighted by molar-refractivity contribution is -0.139. The highest BCUT2D eigenvalue weighted by Crippen LogP contribution is 2.34. The van der Waals surface area contributed by atoms with E-state index in [2.05, 4.69) is 20.6 Å². The molecule has 1 fully saturated rings. The van der Waals surface area contributed by atoms with Gasteiger partial charge in [-0.15, -0.1) is 0 Å². The second kappa shape index (κ2) is 10.9. The van der Waals surface area contributed by atoms with Gasteiger partial charge in [0.15, 0.2) is 5.96 Å². The summed E-state index contributed by atoms with van der Waals surface area (Å²) >= 11 is 0. The van der Waals surface area contributed by atoms with Gasteiger partial charge in [0.25, 0.3) is 0 Å². The molecule has 1 aromatic rings. The quantitative estimate of drug-likeness (QED) is 0.381. The van der Waals surface area contributed by atoms with Gasteiger partial charge < -0.3 is 24.8 Å². The molecule has 2 heterocycles. The minimum absolute atomic E-state index is 0.0194. The highest BCUT2D eigenvalue weighted by Gasteiger charge is 2.34. The van der Waals surface area contributed by atoms with Crippen LogP contribution in [0.1, 0.15) is 18.4 Å². The second-order valence-corrected chi connectivity index (χ2v) is 5.84. The molecule has 7 nitrogen and oxygen atoms in total. The van der Waals surface area contributed by atoms with Crippen LogP contribution in [0.15, 0.2) is 23.3 Å². The standard InChI is InChI=1S/C17H25F3N4O3/c1-21-16(23-7-3-9-26-13-5-10-25-12-13)24-8-11-27-15-14(17(18,19)20)4-2-6-22-15/h2,4,6,13H,3,5,7-12H2,1H3,(H2,21,23,24). The molecule has 0 bridgehead atoms. The number of ether oxygens (including phenoxy) is 3. The molecular weight excluding hydrogens is 365 g/mol. The van der Waals surface area contributed by atoms with E-state index in [4.69, 9.17) is 14.2 Å². The van der Waals surface area contributed by atoms with E-state index in [9.17, 15) is 13.2 Å². The van der Waals surface area contributed by atoms with Crippen molar-refractivity contribution in [1.82, 2.24) is 15.6 Å². The third-order valence-corrected chi connectivity index (χ3v) is 3.79. The molecule has 1 unspecified atom stereocenters. The number of nitrogens with one attached hydrogen (secondary N) is 2. The average molecular weight is 390 g/mol. The maximum absolute atomic E-state index is 12.9. The summed E-state index contributed by atoms with van der Waals surface area (Å²) in [6, 6.07) is 2.17. The molecule has 27 heavy (non-hydrogen) atoms. The van der Waals surface area contributed by atoms with Crippen molar-refractivity contribution in [1.29, 1.82) is 0 Å². The SMILES string of the molecule is CN=C(NCCCOC1CCOC1)NCCOc1ncccc1C(F)(F)F. The molecule has 1 saturated heterocycles. The third-order valence-electron chi connectivity index (χ3n) is 3.79. The van der Waals surface area contributed by atoms with Crippen LogP contribution in [0.2, 0.25) is 0 Å². The number of alkyl halides is 3. The maximum atomic E-state index is 12.9. The lowest BCUT2D eigenvalue weighted by Gasteiger charge is -2.15. The van der Waals surface area contributed by atoms with Gasteiger partial charge in [-0.1, -0.05) is 0 Å². The Balaban J connectivity index is 1.61. The van der Waals surface area contributed by atoms with Gasteiger partial charge >= 0.3 is 6.18 Å². The van der Waals surface area contributed by atoms with Crippen molar-refractivity contribution >= 4 is 5.96 Å². The zero-order valence-corrected chi connectivity index (χ0v) is 15.2. The first-order chi connectivity index (χ1) is 13.0. The van der Waals surface area contributed by atoms with Crippen molar-refractivity contribution in [2.45, 2.75) is 25.1 Å². The van der Waals surface area contributed by atoms with E-state index in [1.807, 2.05) is 0 Å². The van der Waals surface area contributed by atoms with Gasteiger partial charge in [-0.25, -0.2) is 4.98 Å². The lowest BCUT2D eigenvalue weighted by atomic mass is 10.2. The Labute approximate surface area is 156 Å². The van der Waals surface area contributed by atoms with E-state index in [0.717, 1.165) is 25.5 Å². The number of hydrogen-bond donors (Lipinski definition) is 2. The van der Waals surface area contributed by atoms with Crippen molar-refractivity contribution in [2.24, 2.45) is 4.99 Å².